The van der Waals surface area contributed by atoms with Gasteiger partial charge in [0.25, 0.3) is 0 Å². The van der Waals surface area contributed by atoms with Crippen LogP contribution in [0.3, 0.4) is 0 Å². The van der Waals surface area contributed by atoms with E-state index in [1.54, 1.807) is 24.3 Å². The molecule has 0 heterocycles. The van der Waals surface area contributed by atoms with Crippen molar-refractivity contribution in [2.24, 2.45) is 0 Å². The molecule has 0 saturated heterocycles. The van der Waals surface area contributed by atoms with Gasteiger partial charge in [0, 0.05) is 0 Å². The number of hydrogen-bond acceptors (Lipinski definition) is 1. The second-order valence-electron chi connectivity index (χ2n) is 5.70. The van der Waals surface area contributed by atoms with Gasteiger partial charge in [-0.3, -0.25) is 0 Å². The minimum Gasteiger partial charge on any atom is -0.303 e. The Hall–Kier alpha value is -1.03. The van der Waals surface area contributed by atoms with Crippen LogP contribution in [0.4, 0.5) is 13.2 Å². The lowest BCUT2D eigenvalue weighted by molar-refractivity contribution is -0.193. The van der Waals surface area contributed by atoms with Crippen LogP contribution in [-0.2, 0) is 11.0 Å². The van der Waals surface area contributed by atoms with Gasteiger partial charge in [-0.15, -0.1) is 0 Å². The van der Waals surface area contributed by atoms with Crippen molar-refractivity contribution in [3.63, 3.8) is 0 Å². The lowest BCUT2D eigenvalue weighted by Crippen LogP contribution is -2.49. The maximum atomic E-state index is 13.1. The molecule has 4 heteroatoms. The number of benzene rings is 1. The predicted molar refractivity (Wildman–Crippen MR) is 67.6 cm³/mol. The molecular weight excluding hydrogens is 239 g/mol. The van der Waals surface area contributed by atoms with Crippen LogP contribution in [0.15, 0.2) is 24.3 Å². The Morgan fingerprint density at radius 3 is 1.50 bits per heavy atom. The molecule has 0 amide bonds. The molecule has 1 rings (SSSR count). The molecule has 0 fully saturated rings. The van der Waals surface area contributed by atoms with Crippen molar-refractivity contribution in [1.29, 1.82) is 0 Å². The molecule has 0 aliphatic rings. The summed E-state index contributed by atoms with van der Waals surface area (Å²) >= 11 is 0. The first-order valence-electron chi connectivity index (χ1n) is 5.89. The Morgan fingerprint density at radius 1 is 0.833 bits per heavy atom. The van der Waals surface area contributed by atoms with Crippen LogP contribution in [0.25, 0.3) is 0 Å². The van der Waals surface area contributed by atoms with E-state index in [-0.39, 0.29) is 11.0 Å². The molecule has 0 aromatic heterocycles. The number of rotatable bonds is 2. The van der Waals surface area contributed by atoms with Crippen molar-refractivity contribution in [2.45, 2.75) is 44.8 Å². The third kappa shape index (κ3) is 2.69. The van der Waals surface area contributed by atoms with Crippen LogP contribution in [0.1, 0.15) is 38.8 Å². The molecule has 102 valence electrons. The van der Waals surface area contributed by atoms with Crippen molar-refractivity contribution in [2.75, 3.05) is 7.05 Å². The van der Waals surface area contributed by atoms with Crippen LogP contribution < -0.4 is 5.32 Å². The lowest BCUT2D eigenvalue weighted by atomic mass is 9.84. The molecule has 18 heavy (non-hydrogen) atoms. The Morgan fingerprint density at radius 2 is 1.22 bits per heavy atom. The zero-order chi connectivity index (χ0) is 14.2. The summed E-state index contributed by atoms with van der Waals surface area (Å²) in [6.07, 6.45) is -4.33. The first-order valence-corrected chi connectivity index (χ1v) is 5.89. The molecule has 1 unspecified atom stereocenters. The number of alkyl halides is 3. The van der Waals surface area contributed by atoms with Crippen molar-refractivity contribution >= 4 is 0 Å². The molecule has 0 aliphatic heterocycles. The highest BCUT2D eigenvalue weighted by molar-refractivity contribution is 5.32. The summed E-state index contributed by atoms with van der Waals surface area (Å²) in [5.41, 5.74) is -0.826. The second-order valence-corrected chi connectivity index (χ2v) is 5.70. The molecule has 0 spiro atoms. The highest BCUT2D eigenvalue weighted by atomic mass is 19.4. The lowest BCUT2D eigenvalue weighted by Gasteiger charge is -2.32. The Labute approximate surface area is 106 Å². The predicted octanol–water partition coefficient (Wildman–Crippen LogP) is 3.98. The highest BCUT2D eigenvalue weighted by Gasteiger charge is 2.51. The smallest absolute Gasteiger partial charge is 0.303 e. The van der Waals surface area contributed by atoms with Crippen LogP contribution in [-0.4, -0.2) is 13.2 Å². The van der Waals surface area contributed by atoms with Crippen molar-refractivity contribution in [3.8, 4) is 0 Å². The average Bonchev–Trinajstić information content (AvgIpc) is 2.25. The van der Waals surface area contributed by atoms with Crippen LogP contribution in [0, 0.1) is 0 Å². The summed E-state index contributed by atoms with van der Waals surface area (Å²) in [5, 5.41) is 2.37. The van der Waals surface area contributed by atoms with Gasteiger partial charge in [-0.05, 0) is 30.5 Å². The quantitative estimate of drug-likeness (QED) is 0.847. The molecule has 1 N–H and O–H groups in total. The fourth-order valence-corrected chi connectivity index (χ4v) is 1.75. The first-order chi connectivity index (χ1) is 8.02. The van der Waals surface area contributed by atoms with Gasteiger partial charge in [0.2, 0.25) is 0 Å². The molecule has 1 aromatic carbocycles. The highest BCUT2D eigenvalue weighted by Crippen LogP contribution is 2.38. The number of hydrogen-bond donors (Lipinski definition) is 1. The number of nitrogens with one attached hydrogen (secondary N) is 1. The summed E-state index contributed by atoms with van der Waals surface area (Å²) in [6, 6.07) is 6.61. The van der Waals surface area contributed by atoms with Crippen molar-refractivity contribution in [1.82, 2.24) is 5.32 Å². The van der Waals surface area contributed by atoms with Gasteiger partial charge in [0.1, 0.15) is 5.54 Å². The van der Waals surface area contributed by atoms with Crippen molar-refractivity contribution < 1.29 is 13.2 Å². The van der Waals surface area contributed by atoms with E-state index in [2.05, 4.69) is 5.32 Å². The van der Waals surface area contributed by atoms with E-state index in [0.717, 1.165) is 12.5 Å². The van der Waals surface area contributed by atoms with E-state index in [1.165, 1.54) is 7.05 Å². The van der Waals surface area contributed by atoms with E-state index >= 15 is 0 Å². The van der Waals surface area contributed by atoms with E-state index in [1.807, 2.05) is 20.8 Å². The molecule has 0 bridgehead atoms. The average molecular weight is 259 g/mol. The maximum Gasteiger partial charge on any atom is 0.410 e. The standard InChI is InChI=1S/C14H20F3N/c1-12(2,3)10-6-8-11(9-7-10)13(4,18-5)14(15,16)17/h6-9,18H,1-5H3. The normalized spacial score (nSPS) is 16.4. The Balaban J connectivity index is 3.19. The molecule has 0 saturated carbocycles. The fraction of sp³-hybridized carbons (Fsp3) is 0.571. The first kappa shape index (κ1) is 15.0. The zero-order valence-corrected chi connectivity index (χ0v) is 11.4. The van der Waals surface area contributed by atoms with Gasteiger partial charge in [-0.2, -0.15) is 13.2 Å². The molecular formula is C14H20F3N. The molecule has 0 aliphatic carbocycles. The van der Waals surface area contributed by atoms with Crippen molar-refractivity contribution in [3.05, 3.63) is 35.4 Å². The zero-order valence-electron chi connectivity index (χ0n) is 11.4. The van der Waals surface area contributed by atoms with Gasteiger partial charge < -0.3 is 5.32 Å². The minimum atomic E-state index is -4.33. The third-order valence-corrected chi connectivity index (χ3v) is 3.40. The fourth-order valence-electron chi connectivity index (χ4n) is 1.75. The number of halogens is 3. The van der Waals surface area contributed by atoms with Crippen LogP contribution >= 0.6 is 0 Å². The van der Waals surface area contributed by atoms with Gasteiger partial charge in [0.15, 0.2) is 0 Å². The summed E-state index contributed by atoms with van der Waals surface area (Å²) in [4.78, 5) is 0. The minimum absolute atomic E-state index is 0.0627. The van der Waals surface area contributed by atoms with Crippen LogP contribution in [0.2, 0.25) is 0 Å². The summed E-state index contributed by atoms with van der Waals surface area (Å²) in [6.45, 7) is 7.24. The van der Waals surface area contributed by atoms with E-state index in [4.69, 9.17) is 0 Å². The molecule has 1 nitrogen and oxygen atoms in total. The van der Waals surface area contributed by atoms with E-state index in [0.29, 0.717) is 0 Å². The molecule has 0 radical (unpaired) electrons. The third-order valence-electron chi connectivity index (χ3n) is 3.40. The van der Waals surface area contributed by atoms with E-state index < -0.39 is 11.7 Å². The monoisotopic (exact) mass is 259 g/mol. The summed E-state index contributed by atoms with van der Waals surface area (Å²) < 4.78 is 39.2. The van der Waals surface area contributed by atoms with Gasteiger partial charge in [0.05, 0.1) is 0 Å². The summed E-state index contributed by atoms with van der Waals surface area (Å²) in [7, 11) is 1.32. The maximum absolute atomic E-state index is 13.1. The topological polar surface area (TPSA) is 12.0 Å². The Kier molecular flexibility index (Phi) is 3.82. The van der Waals surface area contributed by atoms with E-state index in [9.17, 15) is 13.2 Å². The second kappa shape index (κ2) is 4.57. The largest absolute Gasteiger partial charge is 0.410 e. The SMILES string of the molecule is CNC(C)(c1ccc(C(C)(C)C)cc1)C(F)(F)F. The Bertz CT molecular complexity index is 401. The van der Waals surface area contributed by atoms with Crippen LogP contribution in [0.5, 0.6) is 0 Å². The summed E-state index contributed by atoms with van der Waals surface area (Å²) in [5.74, 6) is 0. The van der Waals surface area contributed by atoms with Gasteiger partial charge >= 0.3 is 6.18 Å². The molecule has 1 atom stereocenters. The van der Waals surface area contributed by atoms with Gasteiger partial charge in [-0.1, -0.05) is 45.0 Å². The van der Waals surface area contributed by atoms with Gasteiger partial charge in [-0.25, -0.2) is 0 Å². The molecule has 1 aromatic rings.